The minimum atomic E-state index is -3.70. The Morgan fingerprint density at radius 1 is 0.884 bits per heavy atom. The Morgan fingerprint density at radius 2 is 1.57 bits per heavy atom. The number of nitrogens with one attached hydrogen (secondary N) is 4. The van der Waals surface area contributed by atoms with Crippen molar-refractivity contribution in [2.75, 3.05) is 48.7 Å². The summed E-state index contributed by atoms with van der Waals surface area (Å²) in [6, 6.07) is 18.7. The number of thiophene rings is 1. The quantitative estimate of drug-likeness (QED) is 0.0650. The van der Waals surface area contributed by atoms with Gasteiger partial charge in [-0.2, -0.15) is 0 Å². The maximum Gasteiger partial charge on any atom is 0.352 e. The fourth-order valence-electron chi connectivity index (χ4n) is 8.98. The van der Waals surface area contributed by atoms with Crippen LogP contribution in [-0.4, -0.2) is 120 Å². The molecule has 3 aromatic carbocycles. The SMILES string of the molecule is CC(C)(C)OC(=O)c1sc(-c2cccc(NC3CCN(S(=O)(=O)Cc4cccc(NC(=O)N5CCC(Nc6cccc7c6CN(C6CCC(=O)NC6=O)C7=O)CC5)c4)CC3)c2)c(Cl)c1OCC(=O)O. The summed E-state index contributed by atoms with van der Waals surface area (Å²) in [6.45, 7) is 6.25. The van der Waals surface area contributed by atoms with Crippen molar-refractivity contribution in [3.63, 3.8) is 0 Å². The van der Waals surface area contributed by atoms with E-state index in [0.29, 0.717) is 79.1 Å². The van der Waals surface area contributed by atoms with Gasteiger partial charge in [0.25, 0.3) is 5.91 Å². The van der Waals surface area contributed by atoms with Gasteiger partial charge in [0.1, 0.15) is 16.7 Å². The molecule has 0 spiro atoms. The number of sulfonamides is 1. The number of urea groups is 1. The topological polar surface area (TPSA) is 233 Å². The minimum absolute atomic E-state index is 0.0307. The number of halogens is 1. The van der Waals surface area contributed by atoms with Crippen LogP contribution in [0.3, 0.4) is 0 Å². The third-order valence-corrected chi connectivity index (χ3v) is 15.9. The number of carboxylic acids is 1. The molecular formula is C48H54ClN7O11S2. The molecular weight excluding hydrogens is 950 g/mol. The highest BCUT2D eigenvalue weighted by atomic mass is 35.5. The molecule has 21 heteroatoms. The number of carbonyl (C=O) groups is 6. The van der Waals surface area contributed by atoms with Gasteiger partial charge in [-0.3, -0.25) is 19.7 Å². The van der Waals surface area contributed by atoms with Crippen molar-refractivity contribution >= 4 is 85.7 Å². The molecule has 366 valence electrons. The molecule has 0 saturated carbocycles. The lowest BCUT2D eigenvalue weighted by Crippen LogP contribution is -2.52. The number of hydrogen-bond donors (Lipinski definition) is 5. The van der Waals surface area contributed by atoms with Crippen LogP contribution in [0.4, 0.5) is 21.9 Å². The number of piperidine rings is 3. The zero-order valence-electron chi connectivity index (χ0n) is 38.3. The van der Waals surface area contributed by atoms with E-state index < -0.39 is 46.1 Å². The molecule has 3 saturated heterocycles. The number of esters is 1. The number of fused-ring (bicyclic) bond motifs is 1. The van der Waals surface area contributed by atoms with Gasteiger partial charge in [-0.1, -0.05) is 41.9 Å². The maximum absolute atomic E-state index is 13.7. The summed E-state index contributed by atoms with van der Waals surface area (Å²) in [6.07, 6.45) is 2.84. The highest BCUT2D eigenvalue weighted by molar-refractivity contribution is 7.88. The second-order valence-electron chi connectivity index (χ2n) is 18.5. The predicted molar refractivity (Wildman–Crippen MR) is 260 cm³/mol. The van der Waals surface area contributed by atoms with Gasteiger partial charge in [-0.15, -0.1) is 11.3 Å². The smallest absolute Gasteiger partial charge is 0.352 e. The second kappa shape index (κ2) is 20.4. The lowest BCUT2D eigenvalue weighted by molar-refractivity contribution is -0.139. The summed E-state index contributed by atoms with van der Waals surface area (Å²) in [4.78, 5) is 79.1. The van der Waals surface area contributed by atoms with E-state index in [2.05, 4.69) is 21.3 Å². The zero-order chi connectivity index (χ0) is 49.2. The minimum Gasteiger partial charge on any atom is -0.479 e. The molecule has 4 aliphatic heterocycles. The van der Waals surface area contributed by atoms with Crippen molar-refractivity contribution in [2.45, 2.75) is 95.3 Å². The van der Waals surface area contributed by atoms with E-state index in [1.165, 1.54) is 9.21 Å². The Morgan fingerprint density at radius 3 is 2.28 bits per heavy atom. The normalized spacial score (nSPS) is 18.4. The number of carboxylic acid groups (broad SMARTS) is 1. The molecule has 5 heterocycles. The van der Waals surface area contributed by atoms with Crippen molar-refractivity contribution in [2.24, 2.45) is 0 Å². The van der Waals surface area contributed by atoms with Crippen LogP contribution in [0.15, 0.2) is 66.7 Å². The molecule has 5 amide bonds. The van der Waals surface area contributed by atoms with Crippen molar-refractivity contribution in [1.29, 1.82) is 0 Å². The van der Waals surface area contributed by atoms with E-state index in [1.54, 1.807) is 62.1 Å². The Kier molecular flexibility index (Phi) is 14.5. The number of aliphatic carboxylic acids is 1. The molecule has 3 fully saturated rings. The van der Waals surface area contributed by atoms with Crippen molar-refractivity contribution < 1.29 is 51.8 Å². The summed E-state index contributed by atoms with van der Waals surface area (Å²) in [5, 5.41) is 21.6. The zero-order valence-corrected chi connectivity index (χ0v) is 40.7. The number of benzene rings is 3. The Balaban J connectivity index is 0.813. The first-order chi connectivity index (χ1) is 32.8. The average molecular weight is 1000 g/mol. The number of rotatable bonds is 14. The molecule has 18 nitrogen and oxygen atoms in total. The Hall–Kier alpha value is -6.22. The lowest BCUT2D eigenvalue weighted by atomic mass is 10.0. The molecule has 69 heavy (non-hydrogen) atoms. The predicted octanol–water partition coefficient (Wildman–Crippen LogP) is 6.76. The third kappa shape index (κ3) is 11.6. The van der Waals surface area contributed by atoms with E-state index in [0.717, 1.165) is 28.3 Å². The molecule has 8 rings (SSSR count). The monoisotopic (exact) mass is 1000 g/mol. The molecule has 4 aliphatic rings. The number of nitrogens with zero attached hydrogens (tertiary/aromatic N) is 3. The van der Waals surface area contributed by atoms with Crippen LogP contribution in [0.1, 0.15) is 90.5 Å². The molecule has 0 radical (unpaired) electrons. The molecule has 0 aliphatic carbocycles. The second-order valence-corrected chi connectivity index (χ2v) is 21.9. The summed E-state index contributed by atoms with van der Waals surface area (Å²) in [7, 11) is -3.70. The van der Waals surface area contributed by atoms with Crippen molar-refractivity contribution in [3.8, 4) is 16.2 Å². The third-order valence-electron chi connectivity index (χ3n) is 12.3. The van der Waals surface area contributed by atoms with E-state index in [-0.39, 0.29) is 70.7 Å². The molecule has 5 N–H and O–H groups in total. The molecule has 4 aromatic rings. The summed E-state index contributed by atoms with van der Waals surface area (Å²) >= 11 is 7.75. The average Bonchev–Trinajstić information content (AvgIpc) is 3.81. The van der Waals surface area contributed by atoms with Gasteiger partial charge >= 0.3 is 18.0 Å². The molecule has 1 aromatic heterocycles. The van der Waals surface area contributed by atoms with Crippen molar-refractivity contribution in [1.82, 2.24) is 19.4 Å². The Bertz CT molecular complexity index is 2780. The number of ether oxygens (including phenoxy) is 2. The number of carbonyl (C=O) groups excluding carboxylic acids is 5. The summed E-state index contributed by atoms with van der Waals surface area (Å²) < 4.78 is 39.9. The van der Waals surface area contributed by atoms with Crippen LogP contribution in [0, 0.1) is 0 Å². The first-order valence-electron chi connectivity index (χ1n) is 22.7. The van der Waals surface area contributed by atoms with E-state index in [4.69, 9.17) is 21.1 Å². The van der Waals surface area contributed by atoms with Gasteiger partial charge in [0.05, 0.1) is 10.6 Å². The molecule has 1 atom stereocenters. The highest BCUT2D eigenvalue weighted by Gasteiger charge is 2.40. The van der Waals surface area contributed by atoms with Crippen LogP contribution in [0.25, 0.3) is 10.4 Å². The van der Waals surface area contributed by atoms with Crippen LogP contribution < -0.4 is 26.0 Å². The number of amides is 5. The highest BCUT2D eigenvalue weighted by Crippen LogP contribution is 2.47. The molecule has 1 unspecified atom stereocenters. The van der Waals surface area contributed by atoms with Gasteiger partial charge < -0.3 is 40.3 Å². The van der Waals surface area contributed by atoms with E-state index in [9.17, 15) is 42.3 Å². The maximum atomic E-state index is 13.7. The lowest BCUT2D eigenvalue weighted by Gasteiger charge is -2.33. The van der Waals surface area contributed by atoms with Crippen LogP contribution in [0.5, 0.6) is 5.75 Å². The fourth-order valence-corrected chi connectivity index (χ4v) is 12.0. The first kappa shape index (κ1) is 49.2. The van der Waals surface area contributed by atoms with Gasteiger partial charge in [0.2, 0.25) is 21.8 Å². The van der Waals surface area contributed by atoms with Gasteiger partial charge in [0.15, 0.2) is 17.2 Å². The van der Waals surface area contributed by atoms with E-state index in [1.807, 2.05) is 30.3 Å². The van der Waals surface area contributed by atoms with Crippen LogP contribution >= 0.6 is 22.9 Å². The standard InChI is InChI=1S/C48H54ClN7O11S2/c1-48(2,3)67-46(62)43-41(66-26-39(58)59)40(49)42(68-43)29-8-5-10-33(24-29)50-30-17-21-55(22-18-30)69(64,65)27-28-7-4-9-32(23-28)52-47(63)54-19-15-31(16-20-54)51-36-12-6-11-34-35(36)25-56(45(34)61)37-13-14-38(57)53-44(37)60/h4-12,23-24,30-31,37,50-51H,13-22,25-27H2,1-3H3,(H,52,63)(H,58,59)(H,53,57,60). The van der Waals surface area contributed by atoms with Gasteiger partial charge in [0, 0.05) is 79.4 Å². The number of anilines is 3. The number of likely N-dealkylation sites (tertiary alicyclic amines) is 1. The van der Waals surface area contributed by atoms with Crippen molar-refractivity contribution in [3.05, 3.63) is 93.3 Å². The van der Waals surface area contributed by atoms with Crippen LogP contribution in [0.2, 0.25) is 5.02 Å². The van der Waals surface area contributed by atoms with Crippen LogP contribution in [-0.2, 0) is 41.4 Å². The number of hydrogen-bond acceptors (Lipinski definition) is 13. The van der Waals surface area contributed by atoms with E-state index >= 15 is 0 Å². The van der Waals surface area contributed by atoms with Gasteiger partial charge in [-0.25, -0.2) is 27.1 Å². The Labute approximate surface area is 408 Å². The molecule has 0 bridgehead atoms. The summed E-state index contributed by atoms with van der Waals surface area (Å²) in [5.41, 5.74) is 3.76. The number of imide groups is 1. The first-order valence-corrected chi connectivity index (χ1v) is 25.5. The van der Waals surface area contributed by atoms with Gasteiger partial charge in [-0.05, 0) is 100 Å². The summed E-state index contributed by atoms with van der Waals surface area (Å²) in [5.74, 6) is -3.25. The fraction of sp³-hybridized carbons (Fsp3) is 0.417. The largest absolute Gasteiger partial charge is 0.479 e.